The summed E-state index contributed by atoms with van der Waals surface area (Å²) in [6.45, 7) is 5.97. The van der Waals surface area contributed by atoms with Crippen molar-refractivity contribution in [1.82, 2.24) is 9.80 Å². The third-order valence-corrected chi connectivity index (χ3v) is 6.18. The number of methoxy groups -OCH3 is 1. The number of hydrogen-bond acceptors (Lipinski definition) is 5. The number of piperazine rings is 1. The maximum absolute atomic E-state index is 13.0. The van der Waals surface area contributed by atoms with Crippen LogP contribution in [0.25, 0.3) is 0 Å². The highest BCUT2D eigenvalue weighted by Gasteiger charge is 2.25. The van der Waals surface area contributed by atoms with Gasteiger partial charge in [0.2, 0.25) is 5.91 Å². The van der Waals surface area contributed by atoms with Gasteiger partial charge in [-0.3, -0.25) is 14.5 Å². The van der Waals surface area contributed by atoms with Gasteiger partial charge in [-0.2, -0.15) is 0 Å². The van der Waals surface area contributed by atoms with Gasteiger partial charge in [0.25, 0.3) is 5.91 Å². The van der Waals surface area contributed by atoms with E-state index in [0.29, 0.717) is 11.3 Å². The minimum atomic E-state index is -0.352. The smallest absolute Gasteiger partial charge is 0.255 e. The number of hydrogen-bond donors (Lipinski definition) is 2. The van der Waals surface area contributed by atoms with E-state index in [-0.39, 0.29) is 17.9 Å². The first-order valence-corrected chi connectivity index (χ1v) is 11.9. The fourth-order valence-corrected chi connectivity index (χ4v) is 4.15. The van der Waals surface area contributed by atoms with Gasteiger partial charge in [-0.25, -0.2) is 0 Å². The zero-order chi connectivity index (χ0) is 24.6. The average molecular weight is 473 g/mol. The Morgan fingerprint density at radius 2 is 1.49 bits per heavy atom. The summed E-state index contributed by atoms with van der Waals surface area (Å²) in [5.74, 6) is 0.626. The van der Waals surface area contributed by atoms with Crippen molar-refractivity contribution in [3.8, 4) is 5.75 Å². The van der Waals surface area contributed by atoms with Crippen LogP contribution in [0.15, 0.2) is 78.9 Å². The molecule has 1 fully saturated rings. The molecule has 0 aliphatic carbocycles. The molecule has 0 bridgehead atoms. The van der Waals surface area contributed by atoms with E-state index >= 15 is 0 Å². The second-order valence-corrected chi connectivity index (χ2v) is 8.71. The van der Waals surface area contributed by atoms with Crippen molar-refractivity contribution in [3.05, 3.63) is 90.0 Å². The van der Waals surface area contributed by atoms with Crippen molar-refractivity contribution < 1.29 is 14.3 Å². The number of nitrogens with one attached hydrogen (secondary N) is 2. The largest absolute Gasteiger partial charge is 0.497 e. The lowest BCUT2D eigenvalue weighted by molar-refractivity contribution is -0.133. The molecule has 3 aromatic carbocycles. The lowest BCUT2D eigenvalue weighted by Crippen LogP contribution is -2.51. The Balaban J connectivity index is 1.25. The lowest BCUT2D eigenvalue weighted by Gasteiger charge is -2.36. The molecular formula is C28H32N4O3. The number of nitrogens with zero attached hydrogens (tertiary/aromatic N) is 2. The zero-order valence-electron chi connectivity index (χ0n) is 20.2. The van der Waals surface area contributed by atoms with Crippen LogP contribution < -0.4 is 15.4 Å². The molecule has 1 aliphatic rings. The number of benzene rings is 3. The lowest BCUT2D eigenvalue weighted by atomic mass is 10.1. The third kappa shape index (κ3) is 6.61. The number of anilines is 2. The molecule has 2 amide bonds. The van der Waals surface area contributed by atoms with Gasteiger partial charge in [0, 0.05) is 49.7 Å². The van der Waals surface area contributed by atoms with Crippen LogP contribution in [0.1, 0.15) is 22.8 Å². The predicted molar refractivity (Wildman–Crippen MR) is 139 cm³/mol. The quantitative estimate of drug-likeness (QED) is 0.517. The van der Waals surface area contributed by atoms with Crippen molar-refractivity contribution in [1.29, 1.82) is 0 Å². The van der Waals surface area contributed by atoms with Crippen molar-refractivity contribution in [2.75, 3.05) is 43.9 Å². The SMILES string of the molecule is COc1ccc(NC(=O)c2ccc(N[C@@H](C)C(=O)N3CCN(Cc4ccccc4)CC3)cc2)cc1. The summed E-state index contributed by atoms with van der Waals surface area (Å²) in [5, 5.41) is 6.14. The van der Waals surface area contributed by atoms with E-state index in [0.717, 1.165) is 44.2 Å². The van der Waals surface area contributed by atoms with Crippen LogP contribution >= 0.6 is 0 Å². The van der Waals surface area contributed by atoms with Crippen LogP contribution in [-0.4, -0.2) is 60.9 Å². The van der Waals surface area contributed by atoms with Gasteiger partial charge >= 0.3 is 0 Å². The number of ether oxygens (including phenoxy) is 1. The highest BCUT2D eigenvalue weighted by atomic mass is 16.5. The molecule has 1 atom stereocenters. The summed E-state index contributed by atoms with van der Waals surface area (Å²) in [4.78, 5) is 29.8. The standard InChI is InChI=1S/C28H32N4O3/c1-21(28(34)32-18-16-31(17-19-32)20-22-6-4-3-5-7-22)29-24-10-8-23(9-11-24)27(33)30-25-12-14-26(35-2)15-13-25/h3-15,21,29H,16-20H2,1-2H3,(H,30,33)/t21-/m0/s1. The van der Waals surface area contributed by atoms with E-state index in [1.807, 2.05) is 30.0 Å². The molecular weight excluding hydrogens is 440 g/mol. The highest BCUT2D eigenvalue weighted by molar-refractivity contribution is 6.04. The maximum atomic E-state index is 13.0. The molecule has 0 radical (unpaired) electrons. The van der Waals surface area contributed by atoms with E-state index in [1.54, 1.807) is 43.5 Å². The number of amides is 2. The predicted octanol–water partition coefficient (Wildman–Crippen LogP) is 4.09. The molecule has 7 nitrogen and oxygen atoms in total. The molecule has 0 aromatic heterocycles. The van der Waals surface area contributed by atoms with Gasteiger partial charge in [-0.05, 0) is 61.0 Å². The number of carbonyl (C=O) groups excluding carboxylic acids is 2. The molecule has 3 aromatic rings. The molecule has 182 valence electrons. The molecule has 1 saturated heterocycles. The Bertz CT molecular complexity index is 1110. The van der Waals surface area contributed by atoms with Crippen LogP contribution in [0.5, 0.6) is 5.75 Å². The van der Waals surface area contributed by atoms with Crippen molar-refractivity contribution in [3.63, 3.8) is 0 Å². The minimum absolute atomic E-state index is 0.0886. The minimum Gasteiger partial charge on any atom is -0.497 e. The second kappa shape index (κ2) is 11.5. The summed E-state index contributed by atoms with van der Waals surface area (Å²) in [5.41, 5.74) is 3.33. The Hall–Kier alpha value is -3.84. The van der Waals surface area contributed by atoms with Crippen molar-refractivity contribution >= 4 is 23.2 Å². The maximum Gasteiger partial charge on any atom is 0.255 e. The molecule has 0 unspecified atom stereocenters. The van der Waals surface area contributed by atoms with Crippen molar-refractivity contribution in [2.24, 2.45) is 0 Å². The van der Waals surface area contributed by atoms with E-state index in [9.17, 15) is 9.59 Å². The monoisotopic (exact) mass is 472 g/mol. The first kappa shape index (κ1) is 24.3. The fraction of sp³-hybridized carbons (Fsp3) is 0.286. The molecule has 1 heterocycles. The Labute approximate surface area is 206 Å². The van der Waals surface area contributed by atoms with Gasteiger partial charge in [0.1, 0.15) is 11.8 Å². The molecule has 0 spiro atoms. The normalized spacial score (nSPS) is 14.7. The molecule has 1 aliphatic heterocycles. The summed E-state index contributed by atoms with van der Waals surface area (Å²) in [7, 11) is 1.60. The average Bonchev–Trinajstić information content (AvgIpc) is 2.90. The van der Waals surface area contributed by atoms with Gasteiger partial charge < -0.3 is 20.3 Å². The second-order valence-electron chi connectivity index (χ2n) is 8.71. The fourth-order valence-electron chi connectivity index (χ4n) is 4.15. The van der Waals surface area contributed by atoms with Crippen LogP contribution in [0.3, 0.4) is 0 Å². The van der Waals surface area contributed by atoms with E-state index in [2.05, 4.69) is 39.8 Å². The third-order valence-electron chi connectivity index (χ3n) is 6.18. The summed E-state index contributed by atoms with van der Waals surface area (Å²) in [6.07, 6.45) is 0. The molecule has 0 saturated carbocycles. The van der Waals surface area contributed by atoms with E-state index in [1.165, 1.54) is 5.56 Å². The van der Waals surface area contributed by atoms with E-state index in [4.69, 9.17) is 4.74 Å². The van der Waals surface area contributed by atoms with Gasteiger partial charge in [0.15, 0.2) is 0 Å². The van der Waals surface area contributed by atoms with Gasteiger partial charge in [-0.1, -0.05) is 30.3 Å². The number of rotatable bonds is 8. The van der Waals surface area contributed by atoms with Crippen LogP contribution in [0.4, 0.5) is 11.4 Å². The molecule has 4 rings (SSSR count). The Morgan fingerprint density at radius 1 is 0.857 bits per heavy atom. The topological polar surface area (TPSA) is 73.9 Å². The number of carbonyl (C=O) groups is 2. The van der Waals surface area contributed by atoms with Gasteiger partial charge in [-0.15, -0.1) is 0 Å². The van der Waals surface area contributed by atoms with E-state index < -0.39 is 0 Å². The van der Waals surface area contributed by atoms with Crippen LogP contribution in [0, 0.1) is 0 Å². The Morgan fingerprint density at radius 3 is 2.11 bits per heavy atom. The van der Waals surface area contributed by atoms with Crippen LogP contribution in [0.2, 0.25) is 0 Å². The molecule has 2 N–H and O–H groups in total. The van der Waals surface area contributed by atoms with Crippen molar-refractivity contribution in [2.45, 2.75) is 19.5 Å². The van der Waals surface area contributed by atoms with Gasteiger partial charge in [0.05, 0.1) is 7.11 Å². The first-order chi connectivity index (χ1) is 17.0. The van der Waals surface area contributed by atoms with Crippen LogP contribution in [-0.2, 0) is 11.3 Å². The first-order valence-electron chi connectivity index (χ1n) is 11.9. The summed E-state index contributed by atoms with van der Waals surface area (Å²) >= 11 is 0. The zero-order valence-corrected chi connectivity index (χ0v) is 20.2. The molecule has 7 heteroatoms. The summed E-state index contributed by atoms with van der Waals surface area (Å²) < 4.78 is 5.14. The Kier molecular flexibility index (Phi) is 8.00. The highest BCUT2D eigenvalue weighted by Crippen LogP contribution is 2.18. The molecule has 35 heavy (non-hydrogen) atoms. The summed E-state index contributed by atoms with van der Waals surface area (Å²) in [6, 6.07) is 24.4.